The quantitative estimate of drug-likeness (QED) is 0.398. The van der Waals surface area contributed by atoms with E-state index in [0.29, 0.717) is 0 Å². The smallest absolute Gasteiger partial charge is 0.323 e. The van der Waals surface area contributed by atoms with Gasteiger partial charge >= 0.3 is 6.21 Å². The molecule has 0 aromatic heterocycles. The summed E-state index contributed by atoms with van der Waals surface area (Å²) in [5.41, 5.74) is 8.19. The molecular formula is C12H20N2O. The highest BCUT2D eigenvalue weighted by molar-refractivity contribution is 6.27. The van der Waals surface area contributed by atoms with Gasteiger partial charge in [0.15, 0.2) is 0 Å². The van der Waals surface area contributed by atoms with Crippen LogP contribution in [-0.4, -0.2) is 16.8 Å². The molecular weight excluding hydrogens is 188 g/mol. The summed E-state index contributed by atoms with van der Waals surface area (Å²) >= 11 is 0. The van der Waals surface area contributed by atoms with Crippen LogP contribution in [0.4, 0.5) is 0 Å². The summed E-state index contributed by atoms with van der Waals surface area (Å²) in [6.07, 6.45) is 7.32. The van der Waals surface area contributed by atoms with E-state index in [1.807, 2.05) is 0 Å². The summed E-state index contributed by atoms with van der Waals surface area (Å²) in [5.74, 6) is 0.783. The van der Waals surface area contributed by atoms with Crippen LogP contribution in [0.5, 0.6) is 0 Å². The zero-order chi connectivity index (χ0) is 11.3. The highest BCUT2D eigenvalue weighted by atomic mass is 16.1. The SMILES string of the molecule is CCC1CCC(CC)(C(=O)C=[N+]=[N-])CC1. The molecule has 3 nitrogen and oxygen atoms in total. The fourth-order valence-electron chi connectivity index (χ4n) is 2.60. The van der Waals surface area contributed by atoms with E-state index in [1.54, 1.807) is 0 Å². The number of ketones is 1. The molecule has 1 aliphatic rings. The third-order valence-corrected chi connectivity index (χ3v) is 4.01. The van der Waals surface area contributed by atoms with Crippen molar-refractivity contribution in [3.63, 3.8) is 0 Å². The lowest BCUT2D eigenvalue weighted by atomic mass is 9.66. The van der Waals surface area contributed by atoms with Crippen molar-refractivity contribution in [2.24, 2.45) is 11.3 Å². The summed E-state index contributed by atoms with van der Waals surface area (Å²) < 4.78 is 0. The van der Waals surface area contributed by atoms with E-state index in [4.69, 9.17) is 5.53 Å². The van der Waals surface area contributed by atoms with Gasteiger partial charge < -0.3 is 5.53 Å². The number of carbonyl (C=O) groups excluding carboxylic acids is 1. The first kappa shape index (κ1) is 12.1. The molecule has 0 saturated heterocycles. The van der Waals surface area contributed by atoms with Gasteiger partial charge in [-0.1, -0.05) is 20.3 Å². The Balaban J connectivity index is 2.71. The Morgan fingerprint density at radius 1 is 1.47 bits per heavy atom. The first-order valence-electron chi connectivity index (χ1n) is 5.90. The second-order valence-electron chi connectivity index (χ2n) is 4.59. The molecule has 0 aromatic rings. The molecule has 0 heterocycles. The van der Waals surface area contributed by atoms with Crippen LogP contribution in [0, 0.1) is 11.3 Å². The van der Waals surface area contributed by atoms with Crippen molar-refractivity contribution < 1.29 is 9.58 Å². The number of rotatable bonds is 4. The van der Waals surface area contributed by atoms with Crippen molar-refractivity contribution in [3.05, 3.63) is 5.53 Å². The molecule has 0 spiro atoms. The average Bonchev–Trinajstić information content (AvgIpc) is 2.29. The van der Waals surface area contributed by atoms with Crippen LogP contribution in [0.2, 0.25) is 0 Å². The van der Waals surface area contributed by atoms with E-state index in [-0.39, 0.29) is 11.2 Å². The maximum Gasteiger partial charge on any atom is 0.323 e. The lowest BCUT2D eigenvalue weighted by Crippen LogP contribution is -2.35. The fourth-order valence-corrected chi connectivity index (χ4v) is 2.60. The summed E-state index contributed by atoms with van der Waals surface area (Å²) in [6, 6.07) is 0. The van der Waals surface area contributed by atoms with Crippen molar-refractivity contribution in [1.29, 1.82) is 0 Å². The number of nitrogens with zero attached hydrogens (tertiary/aromatic N) is 2. The van der Waals surface area contributed by atoms with E-state index >= 15 is 0 Å². The molecule has 3 heteroatoms. The summed E-state index contributed by atoms with van der Waals surface area (Å²) in [4.78, 5) is 14.7. The molecule has 0 bridgehead atoms. The maximum absolute atomic E-state index is 11.8. The Morgan fingerprint density at radius 3 is 2.47 bits per heavy atom. The van der Waals surface area contributed by atoms with Gasteiger partial charge in [0.2, 0.25) is 5.78 Å². The minimum Gasteiger partial charge on any atom is -0.361 e. The molecule has 1 aliphatic carbocycles. The van der Waals surface area contributed by atoms with Crippen molar-refractivity contribution in [2.75, 3.05) is 0 Å². The van der Waals surface area contributed by atoms with Crippen LogP contribution in [-0.2, 0) is 4.79 Å². The third kappa shape index (κ3) is 2.54. The highest BCUT2D eigenvalue weighted by Crippen LogP contribution is 2.42. The minimum atomic E-state index is -0.238. The van der Waals surface area contributed by atoms with E-state index < -0.39 is 0 Å². The molecule has 15 heavy (non-hydrogen) atoms. The van der Waals surface area contributed by atoms with Gasteiger partial charge in [0, 0.05) is 5.41 Å². The number of hydrogen-bond acceptors (Lipinski definition) is 1. The molecule has 0 aromatic carbocycles. The molecule has 0 radical (unpaired) electrons. The Morgan fingerprint density at radius 2 is 2.07 bits per heavy atom. The molecule has 1 saturated carbocycles. The Labute approximate surface area is 91.5 Å². The first-order valence-corrected chi connectivity index (χ1v) is 5.90. The maximum atomic E-state index is 11.8. The average molecular weight is 208 g/mol. The van der Waals surface area contributed by atoms with Crippen LogP contribution < -0.4 is 0 Å². The van der Waals surface area contributed by atoms with E-state index in [1.165, 1.54) is 6.42 Å². The van der Waals surface area contributed by atoms with Gasteiger partial charge in [-0.15, -0.1) is 0 Å². The molecule has 0 aliphatic heterocycles. The van der Waals surface area contributed by atoms with Gasteiger partial charge in [0.05, 0.1) is 0 Å². The van der Waals surface area contributed by atoms with E-state index in [9.17, 15) is 4.79 Å². The third-order valence-electron chi connectivity index (χ3n) is 4.01. The van der Waals surface area contributed by atoms with Gasteiger partial charge in [0.1, 0.15) is 0 Å². The van der Waals surface area contributed by atoms with E-state index in [2.05, 4.69) is 18.6 Å². The normalized spacial score (nSPS) is 30.7. The molecule has 0 amide bonds. The topological polar surface area (TPSA) is 53.5 Å². The van der Waals surface area contributed by atoms with Crippen molar-refractivity contribution in [1.82, 2.24) is 0 Å². The van der Waals surface area contributed by atoms with Crippen molar-refractivity contribution in [2.45, 2.75) is 52.4 Å². The second-order valence-corrected chi connectivity index (χ2v) is 4.59. The number of hydrogen-bond donors (Lipinski definition) is 0. The Bertz CT molecular complexity index is 271. The first-order chi connectivity index (χ1) is 7.18. The van der Waals surface area contributed by atoms with Crippen LogP contribution in [0.25, 0.3) is 5.53 Å². The van der Waals surface area contributed by atoms with Crippen LogP contribution in [0.1, 0.15) is 52.4 Å². The fraction of sp³-hybridized carbons (Fsp3) is 0.833. The lowest BCUT2D eigenvalue weighted by molar-refractivity contribution is -0.127. The number of carbonyl (C=O) groups is 1. The van der Waals surface area contributed by atoms with Crippen molar-refractivity contribution in [3.8, 4) is 0 Å². The highest BCUT2D eigenvalue weighted by Gasteiger charge is 2.40. The standard InChI is InChI=1S/C12H20N2O/c1-3-10-5-7-12(4-2,8-6-10)11(15)9-14-13/h9-10H,3-8H2,1-2H3. The summed E-state index contributed by atoms with van der Waals surface area (Å²) in [6.45, 7) is 4.26. The zero-order valence-corrected chi connectivity index (χ0v) is 9.70. The van der Waals surface area contributed by atoms with Gasteiger partial charge in [-0.25, -0.2) is 0 Å². The molecule has 0 N–H and O–H groups in total. The predicted octanol–water partition coefficient (Wildman–Crippen LogP) is 2.85. The molecule has 0 atom stereocenters. The summed E-state index contributed by atoms with van der Waals surface area (Å²) in [7, 11) is 0. The molecule has 1 fully saturated rings. The van der Waals surface area contributed by atoms with Crippen LogP contribution in [0.3, 0.4) is 0 Å². The molecule has 84 valence electrons. The lowest BCUT2D eigenvalue weighted by Gasteiger charge is -2.36. The van der Waals surface area contributed by atoms with Crippen molar-refractivity contribution >= 4 is 12.0 Å². The summed E-state index contributed by atoms with van der Waals surface area (Å²) in [5, 5.41) is 0. The Hall–Kier alpha value is -0.950. The number of Topliss-reactive ketones (excluding diaryl/α,β-unsaturated/α-hetero) is 1. The van der Waals surface area contributed by atoms with Gasteiger partial charge in [-0.05, 0) is 38.0 Å². The van der Waals surface area contributed by atoms with Gasteiger partial charge in [-0.2, -0.15) is 4.79 Å². The monoisotopic (exact) mass is 208 g/mol. The second kappa shape index (κ2) is 5.22. The van der Waals surface area contributed by atoms with Gasteiger partial charge in [0.25, 0.3) is 0 Å². The molecule has 0 unspecified atom stereocenters. The van der Waals surface area contributed by atoms with Crippen LogP contribution in [0.15, 0.2) is 0 Å². The van der Waals surface area contributed by atoms with Crippen LogP contribution >= 0.6 is 0 Å². The molecule has 1 rings (SSSR count). The predicted molar refractivity (Wildman–Crippen MR) is 59.7 cm³/mol. The Kier molecular flexibility index (Phi) is 4.22. The zero-order valence-electron chi connectivity index (χ0n) is 9.70. The minimum absolute atomic E-state index is 0.00190. The van der Waals surface area contributed by atoms with E-state index in [0.717, 1.165) is 44.2 Å². The largest absolute Gasteiger partial charge is 0.361 e. The van der Waals surface area contributed by atoms with Gasteiger partial charge in [-0.3, -0.25) is 4.79 Å².